The second-order valence-electron chi connectivity index (χ2n) is 4.37. The highest BCUT2D eigenvalue weighted by Crippen LogP contribution is 2.26. The Hall–Kier alpha value is -1.87. The minimum atomic E-state index is 0.468. The zero-order valence-electron chi connectivity index (χ0n) is 10.2. The number of hydrogen-bond donors (Lipinski definition) is 1. The third kappa shape index (κ3) is 1.87. The molecule has 0 radical (unpaired) electrons. The van der Waals surface area contributed by atoms with Gasteiger partial charge < -0.3 is 4.98 Å². The smallest absolute Gasteiger partial charge is 0.156 e. The number of aryl methyl sites for hydroxylation is 2. The molecule has 2 aromatic heterocycles. The summed E-state index contributed by atoms with van der Waals surface area (Å²) >= 11 is 6.11. The summed E-state index contributed by atoms with van der Waals surface area (Å²) in [5, 5.41) is 0.468. The average molecular weight is 258 g/mol. The van der Waals surface area contributed by atoms with Gasteiger partial charge in [0, 0.05) is 5.69 Å². The molecule has 0 spiro atoms. The average Bonchev–Trinajstić information content (AvgIpc) is 2.74. The third-order valence-corrected chi connectivity index (χ3v) is 3.18. The van der Waals surface area contributed by atoms with Crippen LogP contribution in [0.5, 0.6) is 0 Å². The Morgan fingerprint density at radius 3 is 2.50 bits per heavy atom. The maximum atomic E-state index is 6.11. The van der Waals surface area contributed by atoms with E-state index in [1.807, 2.05) is 13.0 Å². The number of halogens is 1. The first-order valence-electron chi connectivity index (χ1n) is 5.73. The Labute approximate surface area is 110 Å². The van der Waals surface area contributed by atoms with Crippen molar-refractivity contribution in [3.8, 4) is 11.3 Å². The van der Waals surface area contributed by atoms with Crippen LogP contribution in [0.3, 0.4) is 0 Å². The zero-order valence-corrected chi connectivity index (χ0v) is 10.9. The monoisotopic (exact) mass is 257 g/mol. The lowest BCUT2D eigenvalue weighted by molar-refractivity contribution is 1.09. The van der Waals surface area contributed by atoms with Crippen LogP contribution >= 0.6 is 11.6 Å². The van der Waals surface area contributed by atoms with Gasteiger partial charge in [-0.1, -0.05) is 41.4 Å². The molecular formula is C14H12ClN3. The first-order valence-corrected chi connectivity index (χ1v) is 6.11. The van der Waals surface area contributed by atoms with Crippen LogP contribution in [0.15, 0.2) is 30.3 Å². The van der Waals surface area contributed by atoms with Gasteiger partial charge in [0.2, 0.25) is 0 Å². The Morgan fingerprint density at radius 2 is 1.78 bits per heavy atom. The van der Waals surface area contributed by atoms with E-state index in [1.165, 1.54) is 5.56 Å². The number of nitrogens with one attached hydrogen (secondary N) is 1. The normalized spacial score (nSPS) is 11.1. The number of rotatable bonds is 1. The lowest BCUT2D eigenvalue weighted by Crippen LogP contribution is -1.87. The molecular weight excluding hydrogens is 246 g/mol. The summed E-state index contributed by atoms with van der Waals surface area (Å²) in [4.78, 5) is 11.8. The van der Waals surface area contributed by atoms with Crippen molar-refractivity contribution in [2.75, 3.05) is 0 Å². The van der Waals surface area contributed by atoms with E-state index < -0.39 is 0 Å². The first kappa shape index (κ1) is 11.2. The van der Waals surface area contributed by atoms with Gasteiger partial charge in [-0.05, 0) is 25.5 Å². The molecule has 0 saturated carbocycles. The molecule has 0 aliphatic heterocycles. The van der Waals surface area contributed by atoms with Gasteiger partial charge in [-0.25, -0.2) is 9.97 Å². The molecule has 0 aliphatic rings. The number of nitrogens with zero attached hydrogens (tertiary/aromatic N) is 2. The molecule has 0 fully saturated rings. The zero-order chi connectivity index (χ0) is 12.7. The van der Waals surface area contributed by atoms with Crippen molar-refractivity contribution in [2.45, 2.75) is 13.8 Å². The quantitative estimate of drug-likeness (QED) is 0.672. The second kappa shape index (κ2) is 4.10. The molecule has 18 heavy (non-hydrogen) atoms. The van der Waals surface area contributed by atoms with E-state index >= 15 is 0 Å². The second-order valence-corrected chi connectivity index (χ2v) is 4.73. The molecule has 3 nitrogen and oxygen atoms in total. The Bertz CT molecular complexity index is 714. The largest absolute Gasteiger partial charge is 0.351 e. The molecule has 4 heteroatoms. The number of hydrogen-bond acceptors (Lipinski definition) is 2. The lowest BCUT2D eigenvalue weighted by atomic mass is 10.1. The van der Waals surface area contributed by atoms with Gasteiger partial charge in [-0.15, -0.1) is 0 Å². The number of benzene rings is 1. The fourth-order valence-corrected chi connectivity index (χ4v) is 2.24. The van der Waals surface area contributed by atoms with Crippen molar-refractivity contribution in [1.29, 1.82) is 0 Å². The van der Waals surface area contributed by atoms with Gasteiger partial charge in [0.25, 0.3) is 0 Å². The van der Waals surface area contributed by atoms with Crippen LogP contribution in [0.1, 0.15) is 11.4 Å². The molecule has 1 N–H and O–H groups in total. The van der Waals surface area contributed by atoms with E-state index in [-0.39, 0.29) is 0 Å². The Morgan fingerprint density at radius 1 is 1.06 bits per heavy atom. The molecule has 90 valence electrons. The van der Waals surface area contributed by atoms with Crippen molar-refractivity contribution in [1.82, 2.24) is 15.0 Å². The van der Waals surface area contributed by atoms with E-state index in [4.69, 9.17) is 11.6 Å². The van der Waals surface area contributed by atoms with Crippen LogP contribution in [0.2, 0.25) is 5.15 Å². The van der Waals surface area contributed by atoms with E-state index in [0.717, 1.165) is 22.3 Å². The van der Waals surface area contributed by atoms with Gasteiger partial charge in [-0.2, -0.15) is 0 Å². The predicted molar refractivity (Wildman–Crippen MR) is 73.8 cm³/mol. The summed E-state index contributed by atoms with van der Waals surface area (Å²) < 4.78 is 0. The summed E-state index contributed by atoms with van der Waals surface area (Å²) in [7, 11) is 0. The van der Waals surface area contributed by atoms with Crippen molar-refractivity contribution < 1.29 is 0 Å². The highest BCUT2D eigenvalue weighted by Gasteiger charge is 2.09. The summed E-state index contributed by atoms with van der Waals surface area (Å²) in [6.07, 6.45) is 0. The SMILES string of the molecule is Cc1ccc(-c2cc3nc(C)nc(Cl)c3[nH]2)cc1. The minimum absolute atomic E-state index is 0.468. The van der Waals surface area contributed by atoms with E-state index in [0.29, 0.717) is 11.0 Å². The summed E-state index contributed by atoms with van der Waals surface area (Å²) in [5.41, 5.74) is 5.00. The van der Waals surface area contributed by atoms with Gasteiger partial charge in [0.15, 0.2) is 5.15 Å². The molecule has 0 amide bonds. The van der Waals surface area contributed by atoms with E-state index in [1.54, 1.807) is 0 Å². The highest BCUT2D eigenvalue weighted by molar-refractivity contribution is 6.33. The van der Waals surface area contributed by atoms with Crippen LogP contribution in [-0.4, -0.2) is 15.0 Å². The first-order chi connectivity index (χ1) is 8.63. The molecule has 2 heterocycles. The Balaban J connectivity index is 2.19. The number of H-pyrrole nitrogens is 1. The minimum Gasteiger partial charge on any atom is -0.351 e. The number of aromatic nitrogens is 3. The van der Waals surface area contributed by atoms with Crippen LogP contribution in [-0.2, 0) is 0 Å². The summed E-state index contributed by atoms with van der Waals surface area (Å²) in [6.45, 7) is 3.91. The van der Waals surface area contributed by atoms with Crippen LogP contribution < -0.4 is 0 Å². The standard InChI is InChI=1S/C14H12ClN3/c1-8-3-5-10(6-4-8)11-7-12-13(18-11)14(15)17-9(2)16-12/h3-7,18H,1-2H3. The van der Waals surface area contributed by atoms with Crippen LogP contribution in [0, 0.1) is 13.8 Å². The summed E-state index contributed by atoms with van der Waals surface area (Å²) in [6, 6.07) is 10.3. The van der Waals surface area contributed by atoms with Crippen molar-refractivity contribution in [3.05, 3.63) is 46.9 Å². The maximum absolute atomic E-state index is 6.11. The third-order valence-electron chi connectivity index (χ3n) is 2.91. The van der Waals surface area contributed by atoms with Crippen molar-refractivity contribution >= 4 is 22.6 Å². The Kier molecular flexibility index (Phi) is 2.56. The molecule has 3 aromatic rings. The van der Waals surface area contributed by atoms with E-state index in [2.05, 4.69) is 46.1 Å². The fourth-order valence-electron chi connectivity index (χ4n) is 1.98. The predicted octanol–water partition coefficient (Wildman–Crippen LogP) is 3.90. The molecule has 0 atom stereocenters. The van der Waals surface area contributed by atoms with Gasteiger partial charge >= 0.3 is 0 Å². The highest BCUT2D eigenvalue weighted by atomic mass is 35.5. The van der Waals surface area contributed by atoms with Gasteiger partial charge in [0.05, 0.1) is 5.52 Å². The van der Waals surface area contributed by atoms with Crippen LogP contribution in [0.25, 0.3) is 22.3 Å². The molecule has 0 unspecified atom stereocenters. The maximum Gasteiger partial charge on any atom is 0.156 e. The fraction of sp³-hybridized carbons (Fsp3) is 0.143. The van der Waals surface area contributed by atoms with Gasteiger partial charge in [-0.3, -0.25) is 0 Å². The van der Waals surface area contributed by atoms with E-state index in [9.17, 15) is 0 Å². The van der Waals surface area contributed by atoms with Crippen molar-refractivity contribution in [3.63, 3.8) is 0 Å². The lowest BCUT2D eigenvalue weighted by Gasteiger charge is -1.98. The topological polar surface area (TPSA) is 41.6 Å². The van der Waals surface area contributed by atoms with Crippen LogP contribution in [0.4, 0.5) is 0 Å². The molecule has 0 bridgehead atoms. The molecule has 3 rings (SSSR count). The number of aromatic amines is 1. The molecule has 0 saturated heterocycles. The molecule has 0 aliphatic carbocycles. The van der Waals surface area contributed by atoms with Gasteiger partial charge in [0.1, 0.15) is 11.3 Å². The molecule has 1 aromatic carbocycles. The van der Waals surface area contributed by atoms with Crippen molar-refractivity contribution in [2.24, 2.45) is 0 Å². The summed E-state index contributed by atoms with van der Waals surface area (Å²) in [5.74, 6) is 0.682. The number of fused-ring (bicyclic) bond motifs is 1.